The first-order valence-electron chi connectivity index (χ1n) is 19.3. The standard InChI is InChI=1S/C41H47FN8O9/c1-4-57-41(55)59-28(3)58-40(54)29-9-11-30(12-10-29)44-39(53)38-32-6-5-7-34(48-20-18-47(19-21-48)22-24-56-25-23-51)31(32)16-17-49(38)36(52)15-13-33-35(50-26-43-45-46-50)14-8-27(2)37(33)42/h5-15,26,28,38,51H,4,16-25H2,1-3H3,(H,44,53)/b15-13+. The van der Waals surface area contributed by atoms with Crippen LogP contribution in [0, 0.1) is 12.7 Å². The number of amides is 2. The number of tetrazole rings is 1. The Morgan fingerprint density at radius 3 is 2.47 bits per heavy atom. The van der Waals surface area contributed by atoms with Crippen LogP contribution in [0.25, 0.3) is 11.8 Å². The number of aryl methyl sites for hydroxylation is 1. The molecule has 0 radical (unpaired) electrons. The Hall–Kier alpha value is -6.24. The van der Waals surface area contributed by atoms with Gasteiger partial charge in [0.05, 0.1) is 37.7 Å². The van der Waals surface area contributed by atoms with E-state index in [4.69, 9.17) is 24.1 Å². The van der Waals surface area contributed by atoms with Crippen LogP contribution in [0.1, 0.15) is 52.5 Å². The largest absolute Gasteiger partial charge is 0.511 e. The number of anilines is 2. The smallest absolute Gasteiger partial charge is 0.435 e. The lowest BCUT2D eigenvalue weighted by Gasteiger charge is -2.40. The average Bonchev–Trinajstić information content (AvgIpc) is 3.78. The molecule has 4 aromatic rings. The van der Waals surface area contributed by atoms with Gasteiger partial charge in [-0.2, -0.15) is 4.68 Å². The number of aromatic nitrogens is 4. The molecular weight excluding hydrogens is 767 g/mol. The number of rotatable bonds is 15. The first-order valence-corrected chi connectivity index (χ1v) is 19.3. The highest BCUT2D eigenvalue weighted by Gasteiger charge is 2.37. The number of esters is 1. The van der Waals surface area contributed by atoms with E-state index in [0.717, 1.165) is 44.0 Å². The molecule has 6 rings (SSSR count). The summed E-state index contributed by atoms with van der Waals surface area (Å²) >= 11 is 0. The molecule has 1 saturated heterocycles. The van der Waals surface area contributed by atoms with Gasteiger partial charge in [0.2, 0.25) is 12.2 Å². The predicted octanol–water partition coefficient (Wildman–Crippen LogP) is 3.69. The first kappa shape index (κ1) is 42.4. The number of carbonyl (C=O) groups excluding carboxylic acids is 4. The van der Waals surface area contributed by atoms with Gasteiger partial charge in [-0.3, -0.25) is 14.5 Å². The molecule has 2 aliphatic heterocycles. The van der Waals surface area contributed by atoms with Gasteiger partial charge in [-0.15, -0.1) is 5.10 Å². The van der Waals surface area contributed by atoms with Crippen LogP contribution in [0.4, 0.5) is 20.6 Å². The normalized spacial score (nSPS) is 16.1. The molecule has 2 aliphatic rings. The number of ether oxygens (including phenoxy) is 4. The number of nitrogens with zero attached hydrogens (tertiary/aromatic N) is 7. The molecule has 2 amide bonds. The van der Waals surface area contributed by atoms with Crippen LogP contribution in [-0.2, 0) is 35.0 Å². The Morgan fingerprint density at radius 1 is 0.983 bits per heavy atom. The van der Waals surface area contributed by atoms with Crippen LogP contribution in [0.3, 0.4) is 0 Å². The Balaban J connectivity index is 1.25. The molecule has 0 saturated carbocycles. The Kier molecular flexibility index (Phi) is 14.3. The summed E-state index contributed by atoms with van der Waals surface area (Å²) in [6, 6.07) is 13.9. The average molecular weight is 815 g/mol. The Labute approximate surface area is 340 Å². The molecular formula is C41H47FN8O9. The van der Waals surface area contributed by atoms with E-state index < -0.39 is 42.1 Å². The number of aliphatic hydroxyl groups excluding tert-OH is 1. The third-order valence-electron chi connectivity index (χ3n) is 9.95. The molecule has 1 fully saturated rings. The van der Waals surface area contributed by atoms with E-state index in [9.17, 15) is 19.2 Å². The molecule has 2 atom stereocenters. The highest BCUT2D eigenvalue weighted by atomic mass is 19.1. The van der Waals surface area contributed by atoms with Crippen molar-refractivity contribution in [3.8, 4) is 5.69 Å². The molecule has 3 heterocycles. The number of hydrogen-bond donors (Lipinski definition) is 2. The molecule has 312 valence electrons. The van der Waals surface area contributed by atoms with Gasteiger partial charge in [0.25, 0.3) is 5.91 Å². The number of aliphatic hydroxyl groups is 1. The van der Waals surface area contributed by atoms with Gasteiger partial charge in [0, 0.05) is 69.2 Å². The molecule has 59 heavy (non-hydrogen) atoms. The fourth-order valence-corrected chi connectivity index (χ4v) is 7.04. The zero-order valence-corrected chi connectivity index (χ0v) is 33.1. The number of piperazine rings is 1. The number of carbonyl (C=O) groups is 4. The van der Waals surface area contributed by atoms with Crippen molar-refractivity contribution < 1.29 is 47.6 Å². The SMILES string of the molecule is CCOC(=O)OC(C)OC(=O)c1ccc(NC(=O)C2c3cccc(N4CCN(CCOCCO)CC4)c3CCN2C(=O)/C=C/c2c(-n3cnnn3)ccc(C)c2F)cc1. The predicted molar refractivity (Wildman–Crippen MR) is 212 cm³/mol. The van der Waals surface area contributed by atoms with E-state index in [2.05, 4.69) is 30.6 Å². The molecule has 17 nitrogen and oxygen atoms in total. The Morgan fingerprint density at radius 2 is 1.76 bits per heavy atom. The number of hydrogen-bond acceptors (Lipinski definition) is 14. The zero-order chi connectivity index (χ0) is 41.9. The van der Waals surface area contributed by atoms with Crippen molar-refractivity contribution in [1.29, 1.82) is 0 Å². The highest BCUT2D eigenvalue weighted by Crippen LogP contribution is 2.37. The third kappa shape index (κ3) is 10.4. The van der Waals surface area contributed by atoms with Crippen molar-refractivity contribution in [2.24, 2.45) is 0 Å². The number of nitrogens with one attached hydrogen (secondary N) is 1. The fraction of sp³-hybridized carbons (Fsp3) is 0.390. The van der Waals surface area contributed by atoms with Gasteiger partial charge < -0.3 is 39.2 Å². The van der Waals surface area contributed by atoms with Gasteiger partial charge in [-0.25, -0.2) is 14.0 Å². The van der Waals surface area contributed by atoms with Crippen LogP contribution in [0.15, 0.2) is 67.0 Å². The molecule has 1 aromatic heterocycles. The highest BCUT2D eigenvalue weighted by molar-refractivity contribution is 6.02. The zero-order valence-electron chi connectivity index (χ0n) is 33.1. The lowest BCUT2D eigenvalue weighted by Crippen LogP contribution is -2.48. The van der Waals surface area contributed by atoms with E-state index in [1.807, 2.05) is 18.2 Å². The van der Waals surface area contributed by atoms with Crippen LogP contribution < -0.4 is 10.2 Å². The van der Waals surface area contributed by atoms with Gasteiger partial charge in [-0.1, -0.05) is 18.2 Å². The minimum Gasteiger partial charge on any atom is -0.435 e. The van der Waals surface area contributed by atoms with E-state index in [1.165, 1.54) is 59.3 Å². The molecule has 3 aromatic carbocycles. The second-order valence-electron chi connectivity index (χ2n) is 13.8. The van der Waals surface area contributed by atoms with E-state index in [-0.39, 0.29) is 30.9 Å². The minimum atomic E-state index is -1.20. The van der Waals surface area contributed by atoms with Crippen LogP contribution in [0.5, 0.6) is 0 Å². The number of halogens is 1. The molecule has 0 aliphatic carbocycles. The molecule has 2 N–H and O–H groups in total. The minimum absolute atomic E-state index is 0.0153. The van der Waals surface area contributed by atoms with Crippen molar-refractivity contribution in [1.82, 2.24) is 30.0 Å². The van der Waals surface area contributed by atoms with Gasteiger partial charge in [0.1, 0.15) is 18.2 Å². The Bertz CT molecular complexity index is 2130. The second-order valence-corrected chi connectivity index (χ2v) is 13.8. The third-order valence-corrected chi connectivity index (χ3v) is 9.95. The van der Waals surface area contributed by atoms with E-state index >= 15 is 4.39 Å². The lowest BCUT2D eigenvalue weighted by molar-refractivity contribution is -0.135. The van der Waals surface area contributed by atoms with E-state index in [0.29, 0.717) is 42.1 Å². The van der Waals surface area contributed by atoms with Gasteiger partial charge >= 0.3 is 12.1 Å². The monoisotopic (exact) mass is 814 g/mol. The van der Waals surface area contributed by atoms with Crippen molar-refractivity contribution in [2.75, 3.05) is 75.9 Å². The molecule has 18 heteroatoms. The maximum Gasteiger partial charge on any atom is 0.511 e. The summed E-state index contributed by atoms with van der Waals surface area (Å²) in [7, 11) is 0. The van der Waals surface area contributed by atoms with Crippen LogP contribution >= 0.6 is 0 Å². The first-order chi connectivity index (χ1) is 28.6. The summed E-state index contributed by atoms with van der Waals surface area (Å²) in [5, 5.41) is 23.1. The number of fused-ring (bicyclic) bond motifs is 1. The van der Waals surface area contributed by atoms with Crippen LogP contribution in [0.2, 0.25) is 0 Å². The molecule has 0 spiro atoms. The van der Waals surface area contributed by atoms with Crippen molar-refractivity contribution >= 4 is 41.4 Å². The summed E-state index contributed by atoms with van der Waals surface area (Å²) < 4.78 is 37.1. The van der Waals surface area contributed by atoms with Gasteiger partial charge in [-0.05, 0) is 89.9 Å². The second kappa shape index (κ2) is 20.0. The van der Waals surface area contributed by atoms with Crippen molar-refractivity contribution in [2.45, 2.75) is 39.5 Å². The van der Waals surface area contributed by atoms with Crippen molar-refractivity contribution in [3.05, 3.63) is 101 Å². The summed E-state index contributed by atoms with van der Waals surface area (Å²) in [5.41, 5.74) is 3.86. The fourth-order valence-electron chi connectivity index (χ4n) is 7.04. The quantitative estimate of drug-likeness (QED) is 0.0765. The molecule has 2 unspecified atom stereocenters. The maximum absolute atomic E-state index is 15.5. The summed E-state index contributed by atoms with van der Waals surface area (Å²) in [6.45, 7) is 9.56. The number of benzene rings is 3. The van der Waals surface area contributed by atoms with Crippen LogP contribution in [-0.4, -0.2) is 131 Å². The van der Waals surface area contributed by atoms with Gasteiger partial charge in [0.15, 0.2) is 0 Å². The van der Waals surface area contributed by atoms with E-state index in [1.54, 1.807) is 26.0 Å². The molecule has 0 bridgehead atoms. The summed E-state index contributed by atoms with van der Waals surface area (Å²) in [6.07, 6.45) is 2.23. The maximum atomic E-state index is 15.5. The van der Waals surface area contributed by atoms with Crippen molar-refractivity contribution in [3.63, 3.8) is 0 Å². The summed E-state index contributed by atoms with van der Waals surface area (Å²) in [5.74, 6) is -2.32. The lowest BCUT2D eigenvalue weighted by atomic mass is 9.89. The topological polar surface area (TPSA) is 191 Å². The summed E-state index contributed by atoms with van der Waals surface area (Å²) in [4.78, 5) is 58.9.